The molecule has 1 aromatic carbocycles. The first-order chi connectivity index (χ1) is 10.8. The summed E-state index contributed by atoms with van der Waals surface area (Å²) in [6.07, 6.45) is 0.0847. The number of carbonyl (C=O) groups excluding carboxylic acids is 1. The number of rotatable bonds is 9. The van der Waals surface area contributed by atoms with E-state index in [-0.39, 0.29) is 42.5 Å². The van der Waals surface area contributed by atoms with Crippen molar-refractivity contribution in [3.05, 3.63) is 28.3 Å². The molecule has 1 aromatic rings. The van der Waals surface area contributed by atoms with Crippen LogP contribution in [0.25, 0.3) is 0 Å². The molecule has 0 saturated heterocycles. The Morgan fingerprint density at radius 3 is 2.50 bits per heavy atom. The number of ether oxygens (including phenoxy) is 1. The summed E-state index contributed by atoms with van der Waals surface area (Å²) in [5.41, 5.74) is -0.161. The third kappa shape index (κ3) is 7.25. The van der Waals surface area contributed by atoms with Crippen LogP contribution in [-0.2, 0) is 9.59 Å². The van der Waals surface area contributed by atoms with Crippen LogP contribution in [0, 0.1) is 10.1 Å². The monoisotopic (exact) mass is 361 g/mol. The summed E-state index contributed by atoms with van der Waals surface area (Å²) < 4.78 is 4.92. The molecule has 134 valence electrons. The molecule has 10 heteroatoms. The lowest BCUT2D eigenvalue weighted by Gasteiger charge is -2.15. The van der Waals surface area contributed by atoms with Gasteiger partial charge in [0.15, 0.2) is 0 Å². The highest BCUT2D eigenvalue weighted by Gasteiger charge is 2.17. The van der Waals surface area contributed by atoms with E-state index >= 15 is 0 Å². The van der Waals surface area contributed by atoms with Crippen molar-refractivity contribution in [3.8, 4) is 5.75 Å². The summed E-state index contributed by atoms with van der Waals surface area (Å²) in [5, 5.41) is 22.1. The highest BCUT2D eigenvalue weighted by Crippen LogP contribution is 2.28. The van der Waals surface area contributed by atoms with Gasteiger partial charge in [-0.15, -0.1) is 12.4 Å². The average molecular weight is 362 g/mol. The van der Waals surface area contributed by atoms with Crippen LogP contribution >= 0.6 is 12.4 Å². The van der Waals surface area contributed by atoms with E-state index in [1.807, 2.05) is 0 Å². The predicted octanol–water partition coefficient (Wildman–Crippen LogP) is 1.76. The summed E-state index contributed by atoms with van der Waals surface area (Å²) in [4.78, 5) is 34.5. The second-order valence-electron chi connectivity index (χ2n) is 4.89. The van der Waals surface area contributed by atoms with Gasteiger partial charge >= 0.3 is 5.97 Å². The Bertz CT molecular complexity index is 596. The number of carboxylic acid groups (broad SMARTS) is 1. The van der Waals surface area contributed by atoms with Crippen molar-refractivity contribution in [2.75, 3.05) is 32.6 Å². The Labute approximate surface area is 145 Å². The van der Waals surface area contributed by atoms with Gasteiger partial charge in [0.2, 0.25) is 5.91 Å². The number of carbonyl (C=O) groups is 2. The van der Waals surface area contributed by atoms with E-state index in [2.05, 4.69) is 5.32 Å². The van der Waals surface area contributed by atoms with Crippen LogP contribution in [0.5, 0.6) is 5.75 Å². The number of amides is 1. The van der Waals surface area contributed by atoms with Crippen LogP contribution < -0.4 is 10.1 Å². The van der Waals surface area contributed by atoms with E-state index in [0.29, 0.717) is 18.8 Å². The van der Waals surface area contributed by atoms with E-state index < -0.39 is 10.9 Å². The summed E-state index contributed by atoms with van der Waals surface area (Å²) in [5.74, 6) is -0.973. The molecular weight excluding hydrogens is 342 g/mol. The van der Waals surface area contributed by atoms with Gasteiger partial charge < -0.3 is 20.1 Å². The molecule has 9 nitrogen and oxygen atoms in total. The highest BCUT2D eigenvalue weighted by molar-refractivity contribution is 5.93. The first-order valence-corrected chi connectivity index (χ1v) is 6.86. The van der Waals surface area contributed by atoms with Gasteiger partial charge in [0.1, 0.15) is 11.4 Å². The number of aliphatic carboxylic acids is 1. The minimum atomic E-state index is -0.907. The number of carboxylic acids is 1. The predicted molar refractivity (Wildman–Crippen MR) is 89.9 cm³/mol. The lowest BCUT2D eigenvalue weighted by molar-refractivity contribution is -0.384. The number of benzene rings is 1. The van der Waals surface area contributed by atoms with Crippen molar-refractivity contribution in [1.29, 1.82) is 0 Å². The zero-order chi connectivity index (χ0) is 17.4. The second kappa shape index (κ2) is 10.4. The quantitative estimate of drug-likeness (QED) is 0.507. The molecule has 0 aliphatic heterocycles. The third-order valence-electron chi connectivity index (χ3n) is 3.10. The Balaban J connectivity index is 0.00000529. The van der Waals surface area contributed by atoms with E-state index in [1.165, 1.54) is 25.3 Å². The zero-order valence-electron chi connectivity index (χ0n) is 13.4. The maximum absolute atomic E-state index is 11.9. The Morgan fingerprint density at radius 2 is 1.96 bits per heavy atom. The fourth-order valence-corrected chi connectivity index (χ4v) is 1.80. The van der Waals surface area contributed by atoms with Crippen molar-refractivity contribution in [1.82, 2.24) is 4.90 Å². The SMILES string of the molecule is COc1ccc(NC(=O)CCN(C)CCC(=O)O)c([N+](=O)[O-])c1.Cl. The van der Waals surface area contributed by atoms with Crippen LogP contribution in [0.3, 0.4) is 0 Å². The molecule has 0 spiro atoms. The van der Waals surface area contributed by atoms with Crippen LogP contribution in [0.15, 0.2) is 18.2 Å². The fourth-order valence-electron chi connectivity index (χ4n) is 1.80. The molecule has 0 heterocycles. The van der Waals surface area contributed by atoms with Gasteiger partial charge in [-0.2, -0.15) is 0 Å². The van der Waals surface area contributed by atoms with Crippen molar-refractivity contribution in [2.24, 2.45) is 0 Å². The van der Waals surface area contributed by atoms with Crippen LogP contribution in [0.1, 0.15) is 12.8 Å². The second-order valence-corrected chi connectivity index (χ2v) is 4.89. The normalized spacial score (nSPS) is 9.96. The van der Waals surface area contributed by atoms with Crippen LogP contribution in [0.2, 0.25) is 0 Å². The minimum Gasteiger partial charge on any atom is -0.496 e. The van der Waals surface area contributed by atoms with Gasteiger partial charge in [-0.3, -0.25) is 19.7 Å². The van der Waals surface area contributed by atoms with Gasteiger partial charge in [-0.1, -0.05) is 0 Å². The summed E-state index contributed by atoms with van der Waals surface area (Å²) >= 11 is 0. The number of hydrogen-bond acceptors (Lipinski definition) is 6. The smallest absolute Gasteiger partial charge is 0.304 e. The lowest BCUT2D eigenvalue weighted by atomic mass is 10.2. The topological polar surface area (TPSA) is 122 Å². The van der Waals surface area contributed by atoms with Gasteiger partial charge in [-0.05, 0) is 19.2 Å². The molecule has 24 heavy (non-hydrogen) atoms. The molecule has 0 radical (unpaired) electrons. The van der Waals surface area contributed by atoms with Crippen LogP contribution in [0.4, 0.5) is 11.4 Å². The number of anilines is 1. The lowest BCUT2D eigenvalue weighted by Crippen LogP contribution is -2.26. The van der Waals surface area contributed by atoms with Crippen molar-refractivity contribution in [2.45, 2.75) is 12.8 Å². The number of hydrogen-bond donors (Lipinski definition) is 2. The molecule has 0 aliphatic rings. The van der Waals surface area contributed by atoms with Gasteiger partial charge in [0.25, 0.3) is 5.69 Å². The molecule has 0 aliphatic carbocycles. The molecule has 0 saturated carbocycles. The molecule has 0 aromatic heterocycles. The summed E-state index contributed by atoms with van der Waals surface area (Å²) in [6.45, 7) is 0.675. The number of halogens is 1. The molecule has 1 rings (SSSR count). The molecule has 0 fully saturated rings. The molecule has 1 amide bonds. The van der Waals surface area contributed by atoms with Crippen molar-refractivity contribution in [3.63, 3.8) is 0 Å². The van der Waals surface area contributed by atoms with Crippen molar-refractivity contribution < 1.29 is 24.4 Å². The average Bonchev–Trinajstić information content (AvgIpc) is 2.51. The number of nitro benzene ring substituents is 1. The summed E-state index contributed by atoms with van der Waals surface area (Å²) in [7, 11) is 3.09. The van der Waals surface area contributed by atoms with Gasteiger partial charge in [0.05, 0.1) is 24.5 Å². The number of nitrogens with one attached hydrogen (secondary N) is 1. The van der Waals surface area contributed by atoms with Crippen molar-refractivity contribution >= 4 is 35.7 Å². The fraction of sp³-hybridized carbons (Fsp3) is 0.429. The molecule has 0 unspecified atom stereocenters. The molecule has 2 N–H and O–H groups in total. The third-order valence-corrected chi connectivity index (χ3v) is 3.10. The van der Waals surface area contributed by atoms with Gasteiger partial charge in [-0.25, -0.2) is 0 Å². The number of methoxy groups -OCH3 is 1. The largest absolute Gasteiger partial charge is 0.496 e. The first kappa shape index (κ1) is 21.6. The Kier molecular flexibility index (Phi) is 9.36. The number of nitrogens with zero attached hydrogens (tertiary/aromatic N) is 2. The zero-order valence-corrected chi connectivity index (χ0v) is 14.2. The van der Waals surface area contributed by atoms with Crippen LogP contribution in [-0.4, -0.2) is 54.1 Å². The molecular formula is C14H20ClN3O6. The Hall–Kier alpha value is -2.39. The van der Waals surface area contributed by atoms with E-state index in [1.54, 1.807) is 11.9 Å². The van der Waals surface area contributed by atoms with E-state index in [4.69, 9.17) is 9.84 Å². The Morgan fingerprint density at radius 1 is 1.33 bits per heavy atom. The first-order valence-electron chi connectivity index (χ1n) is 6.86. The summed E-state index contributed by atoms with van der Waals surface area (Å²) in [6, 6.07) is 4.15. The molecule has 0 atom stereocenters. The van der Waals surface area contributed by atoms with E-state index in [0.717, 1.165) is 0 Å². The maximum atomic E-state index is 11.9. The highest BCUT2D eigenvalue weighted by atomic mass is 35.5. The maximum Gasteiger partial charge on any atom is 0.304 e. The minimum absolute atomic E-state index is 0. The molecule has 0 bridgehead atoms. The standard InChI is InChI=1S/C14H19N3O6.ClH/c1-16(8-6-14(19)20)7-5-13(18)15-11-4-3-10(23-2)9-12(11)17(21)22;/h3-4,9H,5-8H2,1-2H3,(H,15,18)(H,19,20);1H. The van der Waals surface area contributed by atoms with Gasteiger partial charge in [0, 0.05) is 19.5 Å². The number of nitro groups is 1. The van der Waals surface area contributed by atoms with E-state index in [9.17, 15) is 19.7 Å².